The summed E-state index contributed by atoms with van der Waals surface area (Å²) < 4.78 is 5.16. The van der Waals surface area contributed by atoms with Gasteiger partial charge in [0.25, 0.3) is 0 Å². The van der Waals surface area contributed by atoms with Crippen molar-refractivity contribution in [3.8, 4) is 0 Å². The van der Waals surface area contributed by atoms with Crippen molar-refractivity contribution in [2.24, 2.45) is 11.8 Å². The average Bonchev–Trinajstić information content (AvgIpc) is 2.36. The van der Waals surface area contributed by atoms with E-state index >= 15 is 0 Å². The number of rotatable bonds is 8. The van der Waals surface area contributed by atoms with E-state index in [9.17, 15) is 0 Å². The SMILES string of the molecule is COCCC(C)N1CCC(CNCC(C)C)CC1. The Labute approximate surface area is 113 Å². The van der Waals surface area contributed by atoms with Crippen molar-refractivity contribution in [2.45, 2.75) is 46.1 Å². The standard InChI is InChI=1S/C15H32N2O/c1-13(2)11-16-12-15-5-8-17(9-6-15)14(3)7-10-18-4/h13-16H,5-12H2,1-4H3. The number of hydrogen-bond donors (Lipinski definition) is 1. The summed E-state index contributed by atoms with van der Waals surface area (Å²) in [6, 6.07) is 0.675. The maximum absolute atomic E-state index is 5.16. The highest BCUT2D eigenvalue weighted by molar-refractivity contribution is 4.77. The zero-order valence-electron chi connectivity index (χ0n) is 12.7. The number of methoxy groups -OCH3 is 1. The zero-order valence-corrected chi connectivity index (χ0v) is 12.7. The number of nitrogens with one attached hydrogen (secondary N) is 1. The molecule has 0 aromatic rings. The van der Waals surface area contributed by atoms with Crippen molar-refractivity contribution in [3.63, 3.8) is 0 Å². The molecule has 1 saturated heterocycles. The molecule has 1 rings (SSSR count). The van der Waals surface area contributed by atoms with Gasteiger partial charge in [0.15, 0.2) is 0 Å². The van der Waals surface area contributed by atoms with Crippen LogP contribution in [-0.4, -0.2) is 50.8 Å². The molecule has 0 radical (unpaired) electrons. The molecule has 1 unspecified atom stereocenters. The molecule has 0 saturated carbocycles. The molecule has 1 aliphatic rings. The molecule has 3 nitrogen and oxygen atoms in total. The van der Waals surface area contributed by atoms with Gasteiger partial charge in [-0.2, -0.15) is 0 Å². The van der Waals surface area contributed by atoms with Crippen molar-refractivity contribution in [2.75, 3.05) is 39.9 Å². The van der Waals surface area contributed by atoms with Crippen LogP contribution in [0.3, 0.4) is 0 Å². The van der Waals surface area contributed by atoms with Gasteiger partial charge in [-0.05, 0) is 64.2 Å². The number of nitrogens with zero attached hydrogens (tertiary/aromatic N) is 1. The summed E-state index contributed by atoms with van der Waals surface area (Å²) in [4.78, 5) is 2.62. The fraction of sp³-hybridized carbons (Fsp3) is 1.00. The van der Waals surface area contributed by atoms with E-state index in [0.717, 1.165) is 31.4 Å². The van der Waals surface area contributed by atoms with Gasteiger partial charge in [0.2, 0.25) is 0 Å². The third-order valence-corrected chi connectivity index (χ3v) is 4.00. The van der Waals surface area contributed by atoms with Crippen LogP contribution in [0.2, 0.25) is 0 Å². The van der Waals surface area contributed by atoms with E-state index in [1.165, 1.54) is 32.5 Å². The van der Waals surface area contributed by atoms with Crippen molar-refractivity contribution < 1.29 is 4.74 Å². The lowest BCUT2D eigenvalue weighted by molar-refractivity contribution is 0.106. The molecule has 1 fully saturated rings. The maximum Gasteiger partial charge on any atom is 0.0477 e. The third kappa shape index (κ3) is 6.17. The van der Waals surface area contributed by atoms with Gasteiger partial charge >= 0.3 is 0 Å². The first kappa shape index (κ1) is 15.9. The highest BCUT2D eigenvalue weighted by Crippen LogP contribution is 2.19. The molecule has 0 amide bonds. The predicted octanol–water partition coefficient (Wildman–Crippen LogP) is 2.37. The summed E-state index contributed by atoms with van der Waals surface area (Å²) in [6.45, 7) is 12.6. The molecule has 0 aromatic heterocycles. The van der Waals surface area contributed by atoms with Gasteiger partial charge in [-0.1, -0.05) is 13.8 Å². The molecule has 1 heterocycles. The Bertz CT molecular complexity index is 201. The minimum absolute atomic E-state index is 0.675. The van der Waals surface area contributed by atoms with Crippen molar-refractivity contribution in [1.82, 2.24) is 10.2 Å². The van der Waals surface area contributed by atoms with Crippen molar-refractivity contribution >= 4 is 0 Å². The Morgan fingerprint density at radius 2 is 1.89 bits per heavy atom. The van der Waals surface area contributed by atoms with E-state index in [-0.39, 0.29) is 0 Å². The largest absolute Gasteiger partial charge is 0.385 e. The van der Waals surface area contributed by atoms with Crippen LogP contribution in [0.25, 0.3) is 0 Å². The van der Waals surface area contributed by atoms with E-state index in [0.29, 0.717) is 6.04 Å². The smallest absolute Gasteiger partial charge is 0.0477 e. The van der Waals surface area contributed by atoms with Crippen LogP contribution < -0.4 is 5.32 Å². The van der Waals surface area contributed by atoms with E-state index in [4.69, 9.17) is 4.74 Å². The molecule has 1 N–H and O–H groups in total. The van der Waals surface area contributed by atoms with Gasteiger partial charge < -0.3 is 15.0 Å². The van der Waals surface area contributed by atoms with Crippen LogP contribution >= 0.6 is 0 Å². The Kier molecular flexibility index (Phi) is 7.87. The minimum Gasteiger partial charge on any atom is -0.385 e. The molecule has 0 aromatic carbocycles. The van der Waals surface area contributed by atoms with Crippen LogP contribution in [0, 0.1) is 11.8 Å². The monoisotopic (exact) mass is 256 g/mol. The van der Waals surface area contributed by atoms with Crippen LogP contribution in [0.4, 0.5) is 0 Å². The average molecular weight is 256 g/mol. The topological polar surface area (TPSA) is 24.5 Å². The minimum atomic E-state index is 0.675. The summed E-state index contributed by atoms with van der Waals surface area (Å²) in [5.41, 5.74) is 0. The van der Waals surface area contributed by atoms with Crippen LogP contribution in [0.5, 0.6) is 0 Å². The molecule has 0 spiro atoms. The summed E-state index contributed by atoms with van der Waals surface area (Å²) in [7, 11) is 1.79. The predicted molar refractivity (Wildman–Crippen MR) is 78.0 cm³/mol. The molecule has 3 heteroatoms. The summed E-state index contributed by atoms with van der Waals surface area (Å²) in [5.74, 6) is 1.65. The Morgan fingerprint density at radius 3 is 2.44 bits per heavy atom. The lowest BCUT2D eigenvalue weighted by atomic mass is 9.95. The number of piperidine rings is 1. The van der Waals surface area contributed by atoms with Crippen LogP contribution in [0.1, 0.15) is 40.0 Å². The highest BCUT2D eigenvalue weighted by Gasteiger charge is 2.22. The fourth-order valence-electron chi connectivity index (χ4n) is 2.64. The van der Waals surface area contributed by atoms with Crippen molar-refractivity contribution in [3.05, 3.63) is 0 Å². The van der Waals surface area contributed by atoms with Gasteiger partial charge in [0.05, 0.1) is 0 Å². The van der Waals surface area contributed by atoms with E-state index in [1.54, 1.807) is 7.11 Å². The first-order chi connectivity index (χ1) is 8.63. The van der Waals surface area contributed by atoms with Gasteiger partial charge in [-0.3, -0.25) is 0 Å². The normalized spacial score (nSPS) is 20.5. The molecule has 18 heavy (non-hydrogen) atoms. The lowest BCUT2D eigenvalue weighted by Gasteiger charge is -2.36. The summed E-state index contributed by atoms with van der Waals surface area (Å²) in [6.07, 6.45) is 3.86. The second-order valence-corrected chi connectivity index (χ2v) is 6.16. The second-order valence-electron chi connectivity index (χ2n) is 6.16. The molecule has 1 atom stereocenters. The molecular weight excluding hydrogens is 224 g/mol. The quantitative estimate of drug-likeness (QED) is 0.721. The highest BCUT2D eigenvalue weighted by atomic mass is 16.5. The van der Waals surface area contributed by atoms with Gasteiger partial charge in [0.1, 0.15) is 0 Å². The van der Waals surface area contributed by atoms with Crippen LogP contribution in [-0.2, 0) is 4.74 Å². The first-order valence-electron chi connectivity index (χ1n) is 7.57. The Morgan fingerprint density at radius 1 is 1.22 bits per heavy atom. The Hall–Kier alpha value is -0.120. The Balaban J connectivity index is 2.12. The molecule has 0 aliphatic carbocycles. The number of hydrogen-bond acceptors (Lipinski definition) is 3. The van der Waals surface area contributed by atoms with Gasteiger partial charge in [0, 0.05) is 19.8 Å². The van der Waals surface area contributed by atoms with Gasteiger partial charge in [-0.25, -0.2) is 0 Å². The maximum atomic E-state index is 5.16. The van der Waals surface area contributed by atoms with E-state index in [1.807, 2.05) is 0 Å². The molecular formula is C15H32N2O. The van der Waals surface area contributed by atoms with E-state index in [2.05, 4.69) is 31.0 Å². The van der Waals surface area contributed by atoms with Crippen LogP contribution in [0.15, 0.2) is 0 Å². The van der Waals surface area contributed by atoms with Crippen molar-refractivity contribution in [1.29, 1.82) is 0 Å². The second kappa shape index (κ2) is 8.89. The number of ether oxygens (including phenoxy) is 1. The lowest BCUT2D eigenvalue weighted by Crippen LogP contribution is -2.42. The fourth-order valence-corrected chi connectivity index (χ4v) is 2.64. The summed E-state index contributed by atoms with van der Waals surface area (Å²) >= 11 is 0. The molecule has 108 valence electrons. The number of likely N-dealkylation sites (tertiary alicyclic amines) is 1. The van der Waals surface area contributed by atoms with E-state index < -0.39 is 0 Å². The summed E-state index contributed by atoms with van der Waals surface area (Å²) in [5, 5.41) is 3.59. The van der Waals surface area contributed by atoms with Gasteiger partial charge in [-0.15, -0.1) is 0 Å². The third-order valence-electron chi connectivity index (χ3n) is 4.00. The molecule has 1 aliphatic heterocycles. The first-order valence-corrected chi connectivity index (χ1v) is 7.57. The molecule has 0 bridgehead atoms. The zero-order chi connectivity index (χ0) is 13.4.